The minimum absolute atomic E-state index is 0.0991. The molecule has 110 valence electrons. The molecular weight excluding hydrogens is 262 g/mol. The number of aryl methyl sites for hydroxylation is 3. The molecule has 4 nitrogen and oxygen atoms in total. The van der Waals surface area contributed by atoms with Crippen LogP contribution < -0.4 is 5.73 Å². The molecule has 21 heavy (non-hydrogen) atoms. The van der Waals surface area contributed by atoms with E-state index in [2.05, 4.69) is 17.6 Å². The lowest BCUT2D eigenvalue weighted by Gasteiger charge is -2.12. The molecule has 0 aliphatic heterocycles. The van der Waals surface area contributed by atoms with E-state index in [1.54, 1.807) is 0 Å². The predicted molar refractivity (Wildman–Crippen MR) is 84.3 cm³/mol. The van der Waals surface area contributed by atoms with Crippen molar-refractivity contribution in [2.45, 2.75) is 33.2 Å². The summed E-state index contributed by atoms with van der Waals surface area (Å²) in [6, 6.07) is 8.05. The van der Waals surface area contributed by atoms with Crippen molar-refractivity contribution in [1.29, 1.82) is 0 Å². The fourth-order valence-corrected chi connectivity index (χ4v) is 3.03. The highest BCUT2D eigenvalue weighted by atomic mass is 16.3. The fourth-order valence-electron chi connectivity index (χ4n) is 3.03. The molecule has 2 aromatic heterocycles. The van der Waals surface area contributed by atoms with E-state index in [9.17, 15) is 0 Å². The van der Waals surface area contributed by atoms with Crippen molar-refractivity contribution in [3.8, 4) is 0 Å². The molecule has 0 bridgehead atoms. The van der Waals surface area contributed by atoms with Crippen molar-refractivity contribution in [1.82, 2.24) is 9.55 Å². The molecule has 2 N–H and O–H groups in total. The summed E-state index contributed by atoms with van der Waals surface area (Å²) in [5, 5.41) is 0. The second kappa shape index (κ2) is 5.04. The lowest BCUT2D eigenvalue weighted by Crippen LogP contribution is -2.17. The number of fused-ring (bicyclic) bond motifs is 1. The number of para-hydroxylation sites is 2. The number of imidazole rings is 1. The van der Waals surface area contributed by atoms with Gasteiger partial charge in [0.2, 0.25) is 0 Å². The van der Waals surface area contributed by atoms with Gasteiger partial charge in [0.1, 0.15) is 17.3 Å². The number of furan rings is 1. The van der Waals surface area contributed by atoms with Gasteiger partial charge in [-0.3, -0.25) is 0 Å². The van der Waals surface area contributed by atoms with Gasteiger partial charge < -0.3 is 14.7 Å². The average molecular weight is 283 g/mol. The van der Waals surface area contributed by atoms with Crippen molar-refractivity contribution in [3.63, 3.8) is 0 Å². The summed E-state index contributed by atoms with van der Waals surface area (Å²) in [5.41, 5.74) is 10.8. The van der Waals surface area contributed by atoms with Gasteiger partial charge in [-0.1, -0.05) is 12.1 Å². The Balaban J connectivity index is 1.96. The summed E-state index contributed by atoms with van der Waals surface area (Å²) in [7, 11) is 2.04. The molecule has 0 aliphatic rings. The standard InChI is InChI=1S/C17H21N3O/c1-10-11(2)21-12(3)17(10)13(18)9-16-19-14-7-5-6-8-15(14)20(16)4/h5-8,13H,9,18H2,1-4H3. The monoisotopic (exact) mass is 283 g/mol. The maximum atomic E-state index is 6.42. The smallest absolute Gasteiger partial charge is 0.111 e. The predicted octanol–water partition coefficient (Wildman–Crippen LogP) is 3.33. The molecule has 4 heteroatoms. The number of rotatable bonds is 3. The summed E-state index contributed by atoms with van der Waals surface area (Å²) in [5.74, 6) is 2.86. The molecule has 2 heterocycles. The Morgan fingerprint density at radius 2 is 1.90 bits per heavy atom. The van der Waals surface area contributed by atoms with E-state index in [4.69, 9.17) is 15.1 Å². The third-order valence-electron chi connectivity index (χ3n) is 4.27. The Kier molecular flexibility index (Phi) is 3.33. The van der Waals surface area contributed by atoms with Crippen molar-refractivity contribution >= 4 is 11.0 Å². The minimum Gasteiger partial charge on any atom is -0.466 e. The van der Waals surface area contributed by atoms with E-state index < -0.39 is 0 Å². The van der Waals surface area contributed by atoms with Crippen LogP contribution in [-0.2, 0) is 13.5 Å². The maximum Gasteiger partial charge on any atom is 0.111 e. The average Bonchev–Trinajstić information content (AvgIpc) is 2.88. The first kappa shape index (κ1) is 13.9. The van der Waals surface area contributed by atoms with E-state index in [1.807, 2.05) is 39.1 Å². The van der Waals surface area contributed by atoms with E-state index in [-0.39, 0.29) is 6.04 Å². The van der Waals surface area contributed by atoms with Crippen LogP contribution in [0.2, 0.25) is 0 Å². The topological polar surface area (TPSA) is 57.0 Å². The van der Waals surface area contributed by atoms with E-state index >= 15 is 0 Å². The summed E-state index contributed by atoms with van der Waals surface area (Å²) in [4.78, 5) is 4.70. The lowest BCUT2D eigenvalue weighted by atomic mass is 10.00. The molecule has 1 aromatic carbocycles. The molecule has 0 fully saturated rings. The quantitative estimate of drug-likeness (QED) is 0.802. The summed E-state index contributed by atoms with van der Waals surface area (Å²) < 4.78 is 7.80. The summed E-state index contributed by atoms with van der Waals surface area (Å²) in [6.07, 6.45) is 0.700. The number of aromatic nitrogens is 2. The van der Waals surface area contributed by atoms with Crippen LogP contribution in [0, 0.1) is 20.8 Å². The Hall–Kier alpha value is -2.07. The summed E-state index contributed by atoms with van der Waals surface area (Å²) >= 11 is 0. The molecule has 0 saturated heterocycles. The molecule has 3 rings (SSSR count). The van der Waals surface area contributed by atoms with Gasteiger partial charge in [0.05, 0.1) is 11.0 Å². The number of hydrogen-bond acceptors (Lipinski definition) is 3. The zero-order valence-corrected chi connectivity index (χ0v) is 13.0. The lowest BCUT2D eigenvalue weighted by molar-refractivity contribution is 0.495. The third-order valence-corrected chi connectivity index (χ3v) is 4.27. The van der Waals surface area contributed by atoms with Gasteiger partial charge in [-0.15, -0.1) is 0 Å². The first-order valence-electron chi connectivity index (χ1n) is 7.21. The fraction of sp³-hybridized carbons (Fsp3) is 0.353. The van der Waals surface area contributed by atoms with Gasteiger partial charge in [-0.2, -0.15) is 0 Å². The zero-order valence-electron chi connectivity index (χ0n) is 13.0. The highest BCUT2D eigenvalue weighted by Crippen LogP contribution is 2.28. The molecule has 1 unspecified atom stereocenters. The summed E-state index contributed by atoms with van der Waals surface area (Å²) in [6.45, 7) is 6.02. The number of nitrogens with zero attached hydrogens (tertiary/aromatic N) is 2. The largest absolute Gasteiger partial charge is 0.466 e. The van der Waals surface area contributed by atoms with Crippen molar-refractivity contribution in [3.05, 3.63) is 52.7 Å². The minimum atomic E-state index is -0.0991. The Bertz CT molecular complexity index is 798. The van der Waals surface area contributed by atoms with Gasteiger partial charge >= 0.3 is 0 Å². The second-order valence-corrected chi connectivity index (χ2v) is 5.64. The van der Waals surface area contributed by atoms with Crippen molar-refractivity contribution < 1.29 is 4.42 Å². The van der Waals surface area contributed by atoms with Crippen LogP contribution in [0.5, 0.6) is 0 Å². The molecule has 0 saturated carbocycles. The van der Waals surface area contributed by atoms with Gasteiger partial charge in [-0.25, -0.2) is 4.98 Å². The van der Waals surface area contributed by atoms with E-state index in [0.717, 1.165) is 39.5 Å². The Morgan fingerprint density at radius 3 is 2.52 bits per heavy atom. The van der Waals surface area contributed by atoms with Crippen molar-refractivity contribution in [2.75, 3.05) is 0 Å². The molecule has 0 spiro atoms. The van der Waals surface area contributed by atoms with Gasteiger partial charge in [0, 0.05) is 25.1 Å². The molecule has 0 aliphatic carbocycles. The van der Waals surface area contributed by atoms with Crippen LogP contribution in [0.4, 0.5) is 0 Å². The van der Waals surface area contributed by atoms with E-state index in [0.29, 0.717) is 6.42 Å². The van der Waals surface area contributed by atoms with Crippen LogP contribution in [0.3, 0.4) is 0 Å². The third kappa shape index (κ3) is 2.25. The number of benzene rings is 1. The maximum absolute atomic E-state index is 6.42. The highest BCUT2D eigenvalue weighted by Gasteiger charge is 2.20. The highest BCUT2D eigenvalue weighted by molar-refractivity contribution is 5.75. The van der Waals surface area contributed by atoms with Crippen LogP contribution in [0.25, 0.3) is 11.0 Å². The van der Waals surface area contributed by atoms with Gasteiger partial charge in [0.25, 0.3) is 0 Å². The van der Waals surface area contributed by atoms with Crippen LogP contribution in [0.1, 0.15) is 34.5 Å². The zero-order chi connectivity index (χ0) is 15.1. The second-order valence-electron chi connectivity index (χ2n) is 5.64. The van der Waals surface area contributed by atoms with Crippen molar-refractivity contribution in [2.24, 2.45) is 12.8 Å². The van der Waals surface area contributed by atoms with E-state index in [1.165, 1.54) is 0 Å². The molecule has 0 radical (unpaired) electrons. The Labute approximate surface area is 124 Å². The van der Waals surface area contributed by atoms with Gasteiger partial charge in [0.15, 0.2) is 0 Å². The first-order valence-corrected chi connectivity index (χ1v) is 7.21. The van der Waals surface area contributed by atoms with Gasteiger partial charge in [-0.05, 0) is 38.5 Å². The molecule has 0 amide bonds. The van der Waals surface area contributed by atoms with Crippen LogP contribution in [-0.4, -0.2) is 9.55 Å². The van der Waals surface area contributed by atoms with Crippen LogP contribution in [0.15, 0.2) is 28.7 Å². The normalized spacial score (nSPS) is 13.0. The number of hydrogen-bond donors (Lipinski definition) is 1. The molecule has 1 atom stereocenters. The molecule has 3 aromatic rings. The first-order chi connectivity index (χ1) is 9.99. The SMILES string of the molecule is Cc1oc(C)c(C(N)Cc2nc3ccccc3n2C)c1C. The molecular formula is C17H21N3O. The van der Waals surface area contributed by atoms with Crippen LogP contribution >= 0.6 is 0 Å². The number of nitrogens with two attached hydrogens (primary N) is 1. The Morgan fingerprint density at radius 1 is 1.19 bits per heavy atom.